The highest BCUT2D eigenvalue weighted by atomic mass is 79.9. The van der Waals surface area contributed by atoms with E-state index in [1.165, 1.54) is 12.1 Å². The molecule has 96 valence electrons. The van der Waals surface area contributed by atoms with E-state index in [2.05, 4.69) is 21.2 Å². The van der Waals surface area contributed by atoms with Gasteiger partial charge in [-0.1, -0.05) is 35.8 Å². The summed E-state index contributed by atoms with van der Waals surface area (Å²) in [6.45, 7) is 5.10. The first kappa shape index (κ1) is 14.6. The van der Waals surface area contributed by atoms with Crippen molar-refractivity contribution < 1.29 is 9.50 Å². The fourth-order valence-electron chi connectivity index (χ4n) is 1.59. The molecule has 1 aromatic carbocycles. The third-order valence-corrected chi connectivity index (χ3v) is 3.84. The predicted molar refractivity (Wildman–Crippen MR) is 71.3 cm³/mol. The highest BCUT2D eigenvalue weighted by Gasteiger charge is 2.21. The van der Waals surface area contributed by atoms with E-state index < -0.39 is 5.60 Å². The van der Waals surface area contributed by atoms with Gasteiger partial charge in [-0.3, -0.25) is 0 Å². The molecule has 0 saturated heterocycles. The Balaban J connectivity index is 2.51. The summed E-state index contributed by atoms with van der Waals surface area (Å²) in [7, 11) is 0. The lowest BCUT2D eigenvalue weighted by atomic mass is 9.97. The van der Waals surface area contributed by atoms with Gasteiger partial charge >= 0.3 is 0 Å². The van der Waals surface area contributed by atoms with Crippen molar-refractivity contribution in [2.75, 3.05) is 6.54 Å². The molecule has 0 radical (unpaired) electrons. The maximum Gasteiger partial charge on any atom is 0.124 e. The number of rotatable bonds is 6. The van der Waals surface area contributed by atoms with Crippen LogP contribution in [0.3, 0.4) is 0 Å². The van der Waals surface area contributed by atoms with E-state index in [0.717, 1.165) is 22.9 Å². The van der Waals surface area contributed by atoms with Gasteiger partial charge in [-0.05, 0) is 30.5 Å². The van der Waals surface area contributed by atoms with Crippen LogP contribution in [0.4, 0.5) is 4.39 Å². The van der Waals surface area contributed by atoms with E-state index in [0.29, 0.717) is 13.1 Å². The van der Waals surface area contributed by atoms with Crippen LogP contribution in [0.2, 0.25) is 0 Å². The third-order valence-electron chi connectivity index (χ3n) is 3.10. The standard InChI is InChI=1S/C13H19BrFNO/c1-3-13(17,4-2)9-16-8-10-5-6-11(15)7-12(10)14/h5-7,16-17H,3-4,8-9H2,1-2H3. The molecule has 0 fully saturated rings. The van der Waals surface area contributed by atoms with Crippen LogP contribution in [0.5, 0.6) is 0 Å². The van der Waals surface area contributed by atoms with Gasteiger partial charge in [0.05, 0.1) is 5.60 Å². The molecule has 0 aliphatic heterocycles. The molecule has 1 aromatic rings. The number of hydrogen-bond acceptors (Lipinski definition) is 2. The predicted octanol–water partition coefficient (Wildman–Crippen LogP) is 3.23. The van der Waals surface area contributed by atoms with E-state index in [9.17, 15) is 9.50 Å². The Morgan fingerprint density at radius 2 is 2.00 bits per heavy atom. The first-order chi connectivity index (χ1) is 8.00. The molecule has 17 heavy (non-hydrogen) atoms. The summed E-state index contributed by atoms with van der Waals surface area (Å²) >= 11 is 3.32. The van der Waals surface area contributed by atoms with Crippen molar-refractivity contribution in [2.45, 2.75) is 38.8 Å². The summed E-state index contributed by atoms with van der Waals surface area (Å²) in [6.07, 6.45) is 1.45. The Morgan fingerprint density at radius 1 is 1.35 bits per heavy atom. The van der Waals surface area contributed by atoms with Crippen molar-refractivity contribution in [3.05, 3.63) is 34.1 Å². The second kappa shape index (κ2) is 6.47. The third kappa shape index (κ3) is 4.37. The van der Waals surface area contributed by atoms with Gasteiger partial charge in [0.25, 0.3) is 0 Å². The normalized spacial score (nSPS) is 11.8. The van der Waals surface area contributed by atoms with Gasteiger partial charge < -0.3 is 10.4 Å². The van der Waals surface area contributed by atoms with Gasteiger partial charge in [0.15, 0.2) is 0 Å². The second-order valence-corrected chi connectivity index (χ2v) is 5.13. The molecule has 0 aromatic heterocycles. The van der Waals surface area contributed by atoms with Crippen molar-refractivity contribution in [1.29, 1.82) is 0 Å². The average molecular weight is 304 g/mol. The van der Waals surface area contributed by atoms with Crippen LogP contribution < -0.4 is 5.32 Å². The van der Waals surface area contributed by atoms with Crippen molar-refractivity contribution in [3.63, 3.8) is 0 Å². The molecular weight excluding hydrogens is 285 g/mol. The van der Waals surface area contributed by atoms with Crippen molar-refractivity contribution >= 4 is 15.9 Å². The van der Waals surface area contributed by atoms with Crippen LogP contribution in [0, 0.1) is 5.82 Å². The molecule has 4 heteroatoms. The summed E-state index contributed by atoms with van der Waals surface area (Å²) in [5, 5.41) is 13.3. The highest BCUT2D eigenvalue weighted by Crippen LogP contribution is 2.18. The number of aliphatic hydroxyl groups is 1. The second-order valence-electron chi connectivity index (χ2n) is 4.27. The monoisotopic (exact) mass is 303 g/mol. The number of halogens is 2. The van der Waals surface area contributed by atoms with Crippen molar-refractivity contribution in [1.82, 2.24) is 5.32 Å². The summed E-state index contributed by atoms with van der Waals surface area (Å²) in [5.74, 6) is -0.251. The summed E-state index contributed by atoms with van der Waals surface area (Å²) in [5.41, 5.74) is 0.341. The van der Waals surface area contributed by atoms with E-state index in [4.69, 9.17) is 0 Å². The molecule has 1 rings (SSSR count). The Labute approximate surface area is 110 Å². The fraction of sp³-hybridized carbons (Fsp3) is 0.538. The maximum absolute atomic E-state index is 12.9. The van der Waals surface area contributed by atoms with E-state index in [-0.39, 0.29) is 5.82 Å². The van der Waals surface area contributed by atoms with Gasteiger partial charge in [0.2, 0.25) is 0 Å². The summed E-state index contributed by atoms with van der Waals surface area (Å²) < 4.78 is 13.6. The highest BCUT2D eigenvalue weighted by molar-refractivity contribution is 9.10. The van der Waals surface area contributed by atoms with Crippen LogP contribution >= 0.6 is 15.9 Å². The SMILES string of the molecule is CCC(O)(CC)CNCc1ccc(F)cc1Br. The van der Waals surface area contributed by atoms with E-state index in [1.807, 2.05) is 13.8 Å². The minimum atomic E-state index is -0.646. The zero-order valence-corrected chi connectivity index (χ0v) is 11.8. The lowest BCUT2D eigenvalue weighted by molar-refractivity contribution is 0.0323. The molecule has 0 saturated carbocycles. The molecule has 0 bridgehead atoms. The van der Waals surface area contributed by atoms with Crippen molar-refractivity contribution in [3.8, 4) is 0 Å². The smallest absolute Gasteiger partial charge is 0.124 e. The number of hydrogen-bond donors (Lipinski definition) is 2. The zero-order chi connectivity index (χ0) is 12.9. The van der Waals surface area contributed by atoms with Gasteiger partial charge in [-0.15, -0.1) is 0 Å². The van der Waals surface area contributed by atoms with Crippen molar-refractivity contribution in [2.24, 2.45) is 0 Å². The molecule has 2 N–H and O–H groups in total. The molecule has 0 amide bonds. The molecular formula is C13H19BrFNO. The molecule has 2 nitrogen and oxygen atoms in total. The van der Waals surface area contributed by atoms with Gasteiger partial charge in [0, 0.05) is 17.6 Å². The first-order valence-corrected chi connectivity index (χ1v) is 6.67. The maximum atomic E-state index is 12.9. The van der Waals surface area contributed by atoms with Crippen LogP contribution in [0.25, 0.3) is 0 Å². The summed E-state index contributed by atoms with van der Waals surface area (Å²) in [4.78, 5) is 0. The minimum Gasteiger partial charge on any atom is -0.389 e. The first-order valence-electron chi connectivity index (χ1n) is 5.88. The number of benzene rings is 1. The van der Waals surface area contributed by atoms with Crippen LogP contribution in [0.1, 0.15) is 32.3 Å². The Hall–Kier alpha value is -0.450. The Bertz CT molecular complexity index is 366. The van der Waals surface area contributed by atoms with E-state index >= 15 is 0 Å². The fourth-order valence-corrected chi connectivity index (χ4v) is 2.09. The summed E-state index contributed by atoms with van der Waals surface area (Å²) in [6, 6.07) is 4.62. The van der Waals surface area contributed by atoms with Gasteiger partial charge in [0.1, 0.15) is 5.82 Å². The topological polar surface area (TPSA) is 32.3 Å². The zero-order valence-electron chi connectivity index (χ0n) is 10.3. The lowest BCUT2D eigenvalue weighted by Crippen LogP contribution is -2.39. The van der Waals surface area contributed by atoms with Gasteiger partial charge in [-0.2, -0.15) is 0 Å². The van der Waals surface area contributed by atoms with Crippen LogP contribution in [-0.2, 0) is 6.54 Å². The number of nitrogens with one attached hydrogen (secondary N) is 1. The molecule has 0 heterocycles. The average Bonchev–Trinajstić information content (AvgIpc) is 2.32. The molecule has 0 unspecified atom stereocenters. The van der Waals surface area contributed by atoms with Crippen LogP contribution in [0.15, 0.2) is 22.7 Å². The minimum absolute atomic E-state index is 0.251. The molecule has 0 spiro atoms. The quantitative estimate of drug-likeness (QED) is 0.846. The molecule has 0 atom stereocenters. The van der Waals surface area contributed by atoms with Crippen LogP contribution in [-0.4, -0.2) is 17.3 Å². The lowest BCUT2D eigenvalue weighted by Gasteiger charge is -2.25. The largest absolute Gasteiger partial charge is 0.389 e. The Kier molecular flexibility index (Phi) is 5.56. The molecule has 0 aliphatic carbocycles. The molecule has 0 aliphatic rings. The van der Waals surface area contributed by atoms with E-state index in [1.54, 1.807) is 6.07 Å². The Morgan fingerprint density at radius 3 is 2.53 bits per heavy atom. The van der Waals surface area contributed by atoms with Gasteiger partial charge in [-0.25, -0.2) is 4.39 Å².